The number of benzene rings is 4. The van der Waals surface area contributed by atoms with Crippen LogP contribution in [0, 0.1) is 0 Å². The van der Waals surface area contributed by atoms with E-state index in [9.17, 15) is 0 Å². The molecule has 0 aromatic heterocycles. The third kappa shape index (κ3) is 5.67. The van der Waals surface area contributed by atoms with Gasteiger partial charge in [0.2, 0.25) is 0 Å². The predicted octanol–water partition coefficient (Wildman–Crippen LogP) is 7.70. The van der Waals surface area contributed by atoms with Crippen LogP contribution in [0.4, 0.5) is 0 Å². The van der Waals surface area contributed by atoms with E-state index in [1.165, 1.54) is 27.0 Å². The van der Waals surface area contributed by atoms with Crippen molar-refractivity contribution in [3.8, 4) is 0 Å². The van der Waals surface area contributed by atoms with Gasteiger partial charge in [-0.2, -0.15) is 0 Å². The summed E-state index contributed by atoms with van der Waals surface area (Å²) in [4.78, 5) is 0. The van der Waals surface area contributed by atoms with E-state index in [4.69, 9.17) is 4.43 Å². The Morgan fingerprint density at radius 2 is 0.943 bits per heavy atom. The zero-order chi connectivity index (χ0) is 24.9. The average molecular weight is 498 g/mol. The third-order valence-corrected chi connectivity index (χ3v) is 16.3. The Labute approximate surface area is 213 Å². The summed E-state index contributed by atoms with van der Waals surface area (Å²) < 4.78 is 6.47. The molecule has 0 fully saturated rings. The maximum Gasteiger partial charge on any atom is 0.192 e. The van der Waals surface area contributed by atoms with E-state index in [-0.39, 0.29) is 5.04 Å². The van der Waals surface area contributed by atoms with Gasteiger partial charge < -0.3 is 4.43 Å². The highest BCUT2D eigenvalue weighted by Crippen LogP contribution is 2.58. The largest absolute Gasteiger partial charge is 0.413 e. The number of hydrogen-bond acceptors (Lipinski definition) is 1. The topological polar surface area (TPSA) is 9.23 Å². The molecule has 0 radical (unpaired) electrons. The van der Waals surface area contributed by atoms with Crippen LogP contribution in [0.5, 0.6) is 0 Å². The molecule has 0 aliphatic heterocycles. The summed E-state index contributed by atoms with van der Waals surface area (Å²) >= 11 is 0. The number of hydrogen-bond donors (Lipinski definition) is 0. The second-order valence-electron chi connectivity index (χ2n) is 10.8. The van der Waals surface area contributed by atoms with Gasteiger partial charge in [0.25, 0.3) is 0 Å². The van der Waals surface area contributed by atoms with Crippen LogP contribution in [-0.4, -0.2) is 8.32 Å². The first-order valence-electron chi connectivity index (χ1n) is 12.5. The first kappa shape index (κ1) is 25.6. The second kappa shape index (κ2) is 10.6. The molecule has 0 aliphatic carbocycles. The van der Waals surface area contributed by atoms with Crippen molar-refractivity contribution in [2.24, 2.45) is 0 Å². The van der Waals surface area contributed by atoms with Crippen molar-refractivity contribution >= 4 is 31.5 Å². The summed E-state index contributed by atoms with van der Waals surface area (Å²) in [5, 5.41) is 4.48. The van der Waals surface area contributed by atoms with Crippen LogP contribution in [-0.2, 0) is 17.2 Å². The molecule has 0 saturated heterocycles. The minimum Gasteiger partial charge on any atom is -0.413 e. The van der Waals surface area contributed by atoms with Crippen molar-refractivity contribution in [2.75, 3.05) is 0 Å². The third-order valence-electron chi connectivity index (χ3n) is 7.44. The van der Waals surface area contributed by atoms with Crippen LogP contribution < -0.4 is 15.9 Å². The average Bonchev–Trinajstić information content (AvgIpc) is 2.88. The lowest BCUT2D eigenvalue weighted by atomic mass is 10.2. The predicted molar refractivity (Wildman–Crippen MR) is 157 cm³/mol. The van der Waals surface area contributed by atoms with Crippen LogP contribution in [0.25, 0.3) is 0 Å². The van der Waals surface area contributed by atoms with Crippen molar-refractivity contribution in [2.45, 2.75) is 51.7 Å². The summed E-state index contributed by atoms with van der Waals surface area (Å²) in [6.45, 7) is 12.2. The summed E-state index contributed by atoms with van der Waals surface area (Å²) in [5.74, 6) is 0. The standard InChI is InChI=1S/C32H38OPSi/c1-32(2,3)35(4,5)33-25-27-21-23-28(24-22-27)26-34(29-15-9-6-10-16-29,30-17-11-7-12-18-30)31-19-13-8-14-20-31/h6-24H,25-26H2,1-5H3/q+1. The van der Waals surface area contributed by atoms with E-state index in [1.54, 1.807) is 0 Å². The van der Waals surface area contributed by atoms with Crippen molar-refractivity contribution in [1.82, 2.24) is 0 Å². The van der Waals surface area contributed by atoms with Gasteiger partial charge in [-0.05, 0) is 65.7 Å². The van der Waals surface area contributed by atoms with Gasteiger partial charge in [0.05, 0.1) is 12.8 Å². The molecule has 0 N–H and O–H groups in total. The molecule has 0 heterocycles. The molecule has 0 atom stereocenters. The Hall–Kier alpha value is -2.51. The molecule has 3 heteroatoms. The summed E-state index contributed by atoms with van der Waals surface area (Å²) in [7, 11) is -3.65. The van der Waals surface area contributed by atoms with Gasteiger partial charge in [0, 0.05) is 0 Å². The monoisotopic (exact) mass is 497 g/mol. The Morgan fingerprint density at radius 1 is 0.571 bits per heavy atom. The first-order valence-corrected chi connectivity index (χ1v) is 17.4. The van der Waals surface area contributed by atoms with Crippen LogP contribution in [0.1, 0.15) is 31.9 Å². The van der Waals surface area contributed by atoms with Crippen LogP contribution in [0.3, 0.4) is 0 Å². The van der Waals surface area contributed by atoms with Crippen molar-refractivity contribution < 1.29 is 4.43 Å². The molecule has 4 aromatic rings. The fourth-order valence-electron chi connectivity index (χ4n) is 4.26. The molecule has 180 valence electrons. The molecule has 35 heavy (non-hydrogen) atoms. The fourth-order valence-corrected chi connectivity index (χ4v) is 9.47. The highest BCUT2D eigenvalue weighted by molar-refractivity contribution is 7.95. The van der Waals surface area contributed by atoms with Gasteiger partial charge in [-0.25, -0.2) is 0 Å². The summed E-state index contributed by atoms with van der Waals surface area (Å²) in [6.07, 6.45) is 0.994. The lowest BCUT2D eigenvalue weighted by molar-refractivity contribution is 0.276. The normalized spacial score (nSPS) is 12.5. The fraction of sp³-hybridized carbons (Fsp3) is 0.250. The SMILES string of the molecule is CC(C)(C)[Si](C)(C)OCc1ccc(C[P+](c2ccccc2)(c2ccccc2)c2ccccc2)cc1. The van der Waals surface area contributed by atoms with Crippen molar-refractivity contribution in [3.63, 3.8) is 0 Å². The summed E-state index contributed by atoms with van der Waals surface area (Å²) in [5.41, 5.74) is 2.62. The quantitative estimate of drug-likeness (QED) is 0.179. The van der Waals surface area contributed by atoms with Crippen LogP contribution in [0.15, 0.2) is 115 Å². The van der Waals surface area contributed by atoms with E-state index >= 15 is 0 Å². The first-order chi connectivity index (χ1) is 16.7. The van der Waals surface area contributed by atoms with Gasteiger partial charge >= 0.3 is 0 Å². The molecule has 0 unspecified atom stereocenters. The molecule has 4 rings (SSSR count). The molecular weight excluding hydrogens is 459 g/mol. The molecule has 0 aliphatic rings. The van der Waals surface area contributed by atoms with Gasteiger partial charge in [-0.3, -0.25) is 0 Å². The Morgan fingerprint density at radius 3 is 1.31 bits per heavy atom. The minimum absolute atomic E-state index is 0.220. The van der Waals surface area contributed by atoms with E-state index in [2.05, 4.69) is 149 Å². The lowest BCUT2D eigenvalue weighted by Gasteiger charge is -2.36. The summed E-state index contributed by atoms with van der Waals surface area (Å²) in [6, 6.07) is 42.5. The highest BCUT2D eigenvalue weighted by Gasteiger charge is 2.45. The highest BCUT2D eigenvalue weighted by atomic mass is 31.2. The van der Waals surface area contributed by atoms with Crippen molar-refractivity contribution in [1.29, 1.82) is 0 Å². The molecule has 1 nitrogen and oxygen atoms in total. The maximum absolute atomic E-state index is 6.47. The maximum atomic E-state index is 6.47. The van der Waals surface area contributed by atoms with E-state index in [0.29, 0.717) is 6.61 Å². The van der Waals surface area contributed by atoms with Crippen molar-refractivity contribution in [3.05, 3.63) is 126 Å². The minimum atomic E-state index is -1.88. The smallest absolute Gasteiger partial charge is 0.192 e. The van der Waals surface area contributed by atoms with Crippen LogP contribution in [0.2, 0.25) is 18.1 Å². The Bertz CT molecular complexity index is 1100. The van der Waals surface area contributed by atoms with Gasteiger partial charge in [-0.15, -0.1) is 0 Å². The molecule has 4 aromatic carbocycles. The zero-order valence-electron chi connectivity index (χ0n) is 21.7. The molecule has 0 bridgehead atoms. The van der Waals surface area contributed by atoms with E-state index in [1.807, 2.05) is 0 Å². The van der Waals surface area contributed by atoms with E-state index < -0.39 is 15.6 Å². The molecule has 0 saturated carbocycles. The molecule has 0 spiro atoms. The molecule has 0 amide bonds. The van der Waals surface area contributed by atoms with Gasteiger partial charge in [0.15, 0.2) is 8.32 Å². The number of rotatable bonds is 8. The molecular formula is C32H38OPSi+. The van der Waals surface area contributed by atoms with Crippen LogP contribution >= 0.6 is 7.26 Å². The zero-order valence-corrected chi connectivity index (χ0v) is 23.6. The van der Waals surface area contributed by atoms with E-state index in [0.717, 1.165) is 6.16 Å². The van der Waals surface area contributed by atoms with Gasteiger partial charge in [0.1, 0.15) is 23.2 Å². The Balaban J connectivity index is 1.71. The Kier molecular flexibility index (Phi) is 7.76. The van der Waals surface area contributed by atoms with Gasteiger partial charge in [-0.1, -0.05) is 99.6 Å². The lowest BCUT2D eigenvalue weighted by Crippen LogP contribution is -2.40. The second-order valence-corrected chi connectivity index (χ2v) is 19.1.